The second-order valence-corrected chi connectivity index (χ2v) is 5.45. The lowest BCUT2D eigenvalue weighted by Crippen LogP contribution is -2.21. The van der Waals surface area contributed by atoms with E-state index in [1.165, 1.54) is 0 Å². The van der Waals surface area contributed by atoms with Crippen LogP contribution in [0.2, 0.25) is 0 Å². The van der Waals surface area contributed by atoms with Gasteiger partial charge in [-0.2, -0.15) is 5.10 Å². The van der Waals surface area contributed by atoms with E-state index in [2.05, 4.69) is 31.4 Å². The topological polar surface area (TPSA) is 67.0 Å². The van der Waals surface area contributed by atoms with E-state index in [0.717, 1.165) is 21.5 Å². The van der Waals surface area contributed by atoms with Crippen molar-refractivity contribution >= 4 is 33.7 Å². The number of nitrogens with one attached hydrogen (secondary N) is 2. The number of aromatic nitrogens is 2. The number of benzene rings is 1. The number of H-pyrrole nitrogens is 1. The molecule has 0 unspecified atom stereocenters. The Kier molecular flexibility index (Phi) is 3.31. The number of carbonyl (C=O) groups is 1. The van der Waals surface area contributed by atoms with E-state index in [4.69, 9.17) is 4.74 Å². The first-order valence-electron chi connectivity index (χ1n) is 6.08. The Labute approximate surface area is 124 Å². The van der Waals surface area contributed by atoms with Gasteiger partial charge in [0.1, 0.15) is 12.4 Å². The van der Waals surface area contributed by atoms with Crippen LogP contribution < -0.4 is 10.1 Å². The fourth-order valence-corrected chi connectivity index (χ4v) is 2.34. The van der Waals surface area contributed by atoms with Gasteiger partial charge in [-0.25, -0.2) is 0 Å². The molecule has 2 heterocycles. The van der Waals surface area contributed by atoms with Gasteiger partial charge in [-0.1, -0.05) is 15.9 Å². The first-order valence-corrected chi connectivity index (χ1v) is 6.87. The molecular formula is C14H12BrN3O2. The Morgan fingerprint density at radius 1 is 1.45 bits per heavy atom. The quantitative estimate of drug-likeness (QED) is 0.887. The lowest BCUT2D eigenvalue weighted by molar-refractivity contribution is -0.113. The smallest absolute Gasteiger partial charge is 0.256 e. The van der Waals surface area contributed by atoms with Gasteiger partial charge in [0.2, 0.25) is 0 Å². The maximum atomic E-state index is 12.1. The Morgan fingerprint density at radius 2 is 2.30 bits per heavy atom. The fourth-order valence-electron chi connectivity index (χ4n) is 1.96. The molecule has 0 saturated carbocycles. The molecule has 20 heavy (non-hydrogen) atoms. The third-order valence-electron chi connectivity index (χ3n) is 2.92. The van der Waals surface area contributed by atoms with E-state index in [9.17, 15) is 4.79 Å². The molecule has 0 saturated heterocycles. The van der Waals surface area contributed by atoms with Crippen molar-refractivity contribution in [2.75, 3.05) is 11.9 Å². The van der Waals surface area contributed by atoms with Crippen LogP contribution >= 0.6 is 15.9 Å². The summed E-state index contributed by atoms with van der Waals surface area (Å²) in [6.07, 6.45) is 1.83. The summed E-state index contributed by atoms with van der Waals surface area (Å²) >= 11 is 3.40. The number of hydrogen-bond acceptors (Lipinski definition) is 3. The van der Waals surface area contributed by atoms with Crippen LogP contribution in [0.5, 0.6) is 5.75 Å². The maximum Gasteiger partial charge on any atom is 0.256 e. The SMILES string of the molecule is Cc1cc(NC(=O)C2=Cc3cc(Br)ccc3OC2)n[nH]1. The molecule has 0 fully saturated rings. The van der Waals surface area contributed by atoms with Crippen molar-refractivity contribution in [3.63, 3.8) is 0 Å². The number of hydrogen-bond donors (Lipinski definition) is 2. The van der Waals surface area contributed by atoms with E-state index < -0.39 is 0 Å². The summed E-state index contributed by atoms with van der Waals surface area (Å²) in [7, 11) is 0. The van der Waals surface area contributed by atoms with Gasteiger partial charge >= 0.3 is 0 Å². The number of rotatable bonds is 2. The van der Waals surface area contributed by atoms with Gasteiger partial charge in [0.05, 0.1) is 5.57 Å². The summed E-state index contributed by atoms with van der Waals surface area (Å²) in [5.41, 5.74) is 2.34. The van der Waals surface area contributed by atoms with Gasteiger partial charge < -0.3 is 10.1 Å². The summed E-state index contributed by atoms with van der Waals surface area (Å²) < 4.78 is 6.52. The monoisotopic (exact) mass is 333 g/mol. The molecule has 0 radical (unpaired) electrons. The maximum absolute atomic E-state index is 12.1. The van der Waals surface area contributed by atoms with E-state index in [1.54, 1.807) is 6.07 Å². The summed E-state index contributed by atoms with van der Waals surface area (Å²) in [6, 6.07) is 7.47. The first kappa shape index (κ1) is 12.9. The lowest BCUT2D eigenvalue weighted by atomic mass is 10.1. The number of fused-ring (bicyclic) bond motifs is 1. The molecule has 2 N–H and O–H groups in total. The van der Waals surface area contributed by atoms with Gasteiger partial charge in [0.25, 0.3) is 5.91 Å². The van der Waals surface area contributed by atoms with Gasteiger partial charge in [-0.3, -0.25) is 9.89 Å². The van der Waals surface area contributed by atoms with Crippen LogP contribution in [0.3, 0.4) is 0 Å². The summed E-state index contributed by atoms with van der Waals surface area (Å²) in [5.74, 6) is 1.08. The fraction of sp³-hybridized carbons (Fsp3) is 0.143. The standard InChI is InChI=1S/C14H12BrN3O2/c1-8-4-13(18-17-8)16-14(19)10-5-9-6-11(15)2-3-12(9)20-7-10/h2-6H,7H2,1H3,(H2,16,17,18,19). The number of aromatic amines is 1. The molecule has 0 bridgehead atoms. The zero-order chi connectivity index (χ0) is 14.1. The van der Waals surface area contributed by atoms with Gasteiger partial charge in [-0.05, 0) is 31.2 Å². The normalized spacial score (nSPS) is 13.2. The van der Waals surface area contributed by atoms with Crippen molar-refractivity contribution in [3.05, 3.63) is 45.6 Å². The minimum Gasteiger partial charge on any atom is -0.488 e. The molecular weight excluding hydrogens is 322 g/mol. The zero-order valence-corrected chi connectivity index (χ0v) is 12.3. The van der Waals surface area contributed by atoms with Crippen LogP contribution in [0.15, 0.2) is 34.3 Å². The van der Waals surface area contributed by atoms with Gasteiger partial charge in [0, 0.05) is 21.8 Å². The Bertz CT molecular complexity index is 706. The van der Waals surface area contributed by atoms with Crippen LogP contribution in [0.4, 0.5) is 5.82 Å². The predicted molar refractivity (Wildman–Crippen MR) is 79.6 cm³/mol. The lowest BCUT2D eigenvalue weighted by Gasteiger charge is -2.17. The average molecular weight is 334 g/mol. The molecule has 0 aliphatic carbocycles. The van der Waals surface area contributed by atoms with Crippen molar-refractivity contribution in [2.45, 2.75) is 6.92 Å². The third-order valence-corrected chi connectivity index (χ3v) is 3.42. The van der Waals surface area contributed by atoms with Gasteiger partial charge in [-0.15, -0.1) is 0 Å². The Morgan fingerprint density at radius 3 is 3.05 bits per heavy atom. The van der Waals surface area contributed by atoms with Crippen LogP contribution in [-0.2, 0) is 4.79 Å². The molecule has 0 atom stereocenters. The molecule has 1 aliphatic heterocycles. The first-order chi connectivity index (χ1) is 9.61. The number of halogens is 1. The molecule has 1 amide bonds. The van der Waals surface area contributed by atoms with Gasteiger partial charge in [0.15, 0.2) is 5.82 Å². The summed E-state index contributed by atoms with van der Waals surface area (Å²) in [6.45, 7) is 2.13. The minimum atomic E-state index is -0.206. The van der Waals surface area contributed by atoms with Crippen molar-refractivity contribution in [1.82, 2.24) is 10.2 Å². The average Bonchev–Trinajstić information content (AvgIpc) is 2.83. The summed E-state index contributed by atoms with van der Waals surface area (Å²) in [4.78, 5) is 12.1. The molecule has 2 aromatic rings. The second kappa shape index (κ2) is 5.13. The molecule has 6 heteroatoms. The van der Waals surface area contributed by atoms with E-state index in [0.29, 0.717) is 11.4 Å². The molecule has 0 spiro atoms. The minimum absolute atomic E-state index is 0.206. The highest BCUT2D eigenvalue weighted by Gasteiger charge is 2.18. The van der Waals surface area contributed by atoms with Crippen molar-refractivity contribution in [2.24, 2.45) is 0 Å². The highest BCUT2D eigenvalue weighted by Crippen LogP contribution is 2.29. The largest absolute Gasteiger partial charge is 0.488 e. The van der Waals surface area contributed by atoms with Crippen LogP contribution in [-0.4, -0.2) is 22.7 Å². The molecule has 1 aromatic heterocycles. The van der Waals surface area contributed by atoms with Crippen LogP contribution in [0, 0.1) is 6.92 Å². The Hall–Kier alpha value is -2.08. The van der Waals surface area contributed by atoms with Crippen LogP contribution in [0.1, 0.15) is 11.3 Å². The third kappa shape index (κ3) is 2.60. The van der Waals surface area contributed by atoms with Crippen LogP contribution in [0.25, 0.3) is 6.08 Å². The van der Waals surface area contributed by atoms with E-state index >= 15 is 0 Å². The van der Waals surface area contributed by atoms with Crippen molar-refractivity contribution in [1.29, 1.82) is 0 Å². The van der Waals surface area contributed by atoms with E-state index in [1.807, 2.05) is 31.2 Å². The molecule has 102 valence electrons. The number of ether oxygens (including phenoxy) is 1. The molecule has 5 nitrogen and oxygen atoms in total. The Balaban J connectivity index is 1.82. The second-order valence-electron chi connectivity index (χ2n) is 4.53. The molecule has 1 aliphatic rings. The molecule has 3 rings (SSSR count). The number of amides is 1. The molecule has 1 aromatic carbocycles. The van der Waals surface area contributed by atoms with E-state index in [-0.39, 0.29) is 12.5 Å². The number of carbonyl (C=O) groups excluding carboxylic acids is 1. The van der Waals surface area contributed by atoms with Crippen molar-refractivity contribution in [3.8, 4) is 5.75 Å². The predicted octanol–water partition coefficient (Wildman–Crippen LogP) is 2.90. The summed E-state index contributed by atoms with van der Waals surface area (Å²) in [5, 5.41) is 9.49. The highest BCUT2D eigenvalue weighted by atomic mass is 79.9. The highest BCUT2D eigenvalue weighted by molar-refractivity contribution is 9.10. The zero-order valence-electron chi connectivity index (χ0n) is 10.7. The number of anilines is 1. The number of aryl methyl sites for hydroxylation is 1. The van der Waals surface area contributed by atoms with Crippen molar-refractivity contribution < 1.29 is 9.53 Å². The number of nitrogens with zero attached hydrogens (tertiary/aromatic N) is 1.